The van der Waals surface area contributed by atoms with E-state index in [2.05, 4.69) is 92.1 Å². The van der Waals surface area contributed by atoms with E-state index >= 15 is 0 Å². The van der Waals surface area contributed by atoms with Crippen molar-refractivity contribution in [3.8, 4) is 0 Å². The topological polar surface area (TPSA) is 307 Å². The Labute approximate surface area is 476 Å². The smallest absolute Gasteiger partial charge is 0.220 e. The van der Waals surface area contributed by atoms with Crippen molar-refractivity contribution in [3.63, 3.8) is 0 Å². The number of nitrogens with one attached hydrogen (secondary N) is 1. The molecule has 0 aliphatic carbocycles. The van der Waals surface area contributed by atoms with Crippen LogP contribution >= 0.6 is 0 Å². The van der Waals surface area contributed by atoms with E-state index in [1.165, 1.54) is 32.1 Å². The number of carbonyl (C=O) groups is 1. The van der Waals surface area contributed by atoms with Gasteiger partial charge in [0.1, 0.15) is 73.2 Å². The Morgan fingerprint density at radius 1 is 0.463 bits per heavy atom. The summed E-state index contributed by atoms with van der Waals surface area (Å²) in [5.74, 6) is -0.303. The molecule has 460 valence electrons. The number of hydrogen-bond acceptors (Lipinski definition) is 18. The summed E-state index contributed by atoms with van der Waals surface area (Å²) in [6, 6.07) is -1.000. The number of carbonyl (C=O) groups excluding carboxylic acids is 1. The lowest BCUT2D eigenvalue weighted by atomic mass is 9.96. The average molecular weight is 1140 g/mol. The largest absolute Gasteiger partial charge is 0.394 e. The van der Waals surface area contributed by atoms with Crippen LogP contribution in [0.5, 0.6) is 0 Å². The Bertz CT molecular complexity index is 1790. The minimum atomic E-state index is -1.98. The van der Waals surface area contributed by atoms with E-state index in [1.54, 1.807) is 6.08 Å². The number of ether oxygens (including phenoxy) is 6. The van der Waals surface area contributed by atoms with Crippen LogP contribution in [0.1, 0.15) is 162 Å². The van der Waals surface area contributed by atoms with E-state index in [0.717, 1.165) is 96.3 Å². The third-order valence-electron chi connectivity index (χ3n) is 14.4. The van der Waals surface area contributed by atoms with Crippen molar-refractivity contribution in [3.05, 3.63) is 85.1 Å². The number of allylic oxidation sites excluding steroid dienone is 13. The normalized spacial score (nSPS) is 30.6. The summed E-state index contributed by atoms with van der Waals surface area (Å²) in [6.45, 7) is 1.53. The van der Waals surface area contributed by atoms with Crippen molar-refractivity contribution in [2.24, 2.45) is 0 Å². The number of hydrogen-bond donors (Lipinski definition) is 12. The van der Waals surface area contributed by atoms with Gasteiger partial charge in [0.05, 0.1) is 38.6 Å². The van der Waals surface area contributed by atoms with Crippen LogP contribution in [-0.2, 0) is 33.2 Å². The van der Waals surface area contributed by atoms with Crippen LogP contribution in [0.15, 0.2) is 85.1 Å². The number of aliphatic hydroxyl groups is 11. The standard InChI is InChI=1S/C61H103NO18/c1-3-5-7-9-11-13-15-17-18-19-20-21-22-23-24-25-26-27-29-31-33-35-37-39-49(67)62-44(45(66)38-36-34-32-30-28-16-14-12-10-8-6-4-2)43-75-59-55(73)52(70)57(47(41-64)77-59)80-61-56(74)53(71)58(48(42-65)78-61)79-60-54(72)51(69)50(68)46(40-63)76-60/h5,7,11,13,17-18,20-21,23-24,28,30,36,38,44-48,50-61,63-66,68-74H,3-4,6,8-10,12,14-16,19,22,25-27,29,31-35,37,39-43H2,1-2H3,(H,62,67)/b7-5-,13-11-,18-17-,21-20-,24-23-,30-28+,38-36+. The van der Waals surface area contributed by atoms with E-state index in [-0.39, 0.29) is 18.9 Å². The molecule has 1 amide bonds. The van der Waals surface area contributed by atoms with Gasteiger partial charge < -0.3 is 89.9 Å². The Balaban J connectivity index is 1.49. The molecule has 19 heteroatoms. The van der Waals surface area contributed by atoms with Gasteiger partial charge in [-0.05, 0) is 77.0 Å². The molecule has 0 radical (unpaired) electrons. The first kappa shape index (κ1) is 71.2. The Morgan fingerprint density at radius 2 is 0.875 bits per heavy atom. The van der Waals surface area contributed by atoms with Gasteiger partial charge >= 0.3 is 0 Å². The number of rotatable bonds is 42. The molecule has 17 unspecified atom stereocenters. The Morgan fingerprint density at radius 3 is 1.40 bits per heavy atom. The second kappa shape index (κ2) is 43.6. The van der Waals surface area contributed by atoms with Crippen molar-refractivity contribution in [2.45, 2.75) is 266 Å². The van der Waals surface area contributed by atoms with Crippen LogP contribution in [0.25, 0.3) is 0 Å². The molecule has 0 bridgehead atoms. The summed E-state index contributed by atoms with van der Waals surface area (Å²) in [7, 11) is 0. The van der Waals surface area contributed by atoms with Crippen molar-refractivity contribution in [2.75, 3.05) is 26.4 Å². The maximum atomic E-state index is 13.3. The second-order valence-corrected chi connectivity index (χ2v) is 21.1. The molecule has 3 heterocycles. The van der Waals surface area contributed by atoms with E-state index in [4.69, 9.17) is 28.4 Å². The number of unbranched alkanes of at least 4 members (excludes halogenated alkanes) is 14. The lowest BCUT2D eigenvalue weighted by Crippen LogP contribution is -2.66. The summed E-state index contributed by atoms with van der Waals surface area (Å²) in [5, 5.41) is 120. The Hall–Kier alpha value is -3.03. The monoisotopic (exact) mass is 1140 g/mol. The molecular weight excluding hydrogens is 1030 g/mol. The summed E-state index contributed by atoms with van der Waals surface area (Å²) in [5.41, 5.74) is 0. The zero-order chi connectivity index (χ0) is 58.3. The van der Waals surface area contributed by atoms with Gasteiger partial charge in [0, 0.05) is 6.42 Å². The quantitative estimate of drug-likeness (QED) is 0.0276. The van der Waals surface area contributed by atoms with E-state index in [0.29, 0.717) is 12.8 Å². The average Bonchev–Trinajstić information content (AvgIpc) is 3.45. The van der Waals surface area contributed by atoms with E-state index in [9.17, 15) is 61.0 Å². The van der Waals surface area contributed by atoms with Gasteiger partial charge in [0.2, 0.25) is 5.91 Å². The van der Waals surface area contributed by atoms with Gasteiger partial charge in [-0.25, -0.2) is 0 Å². The molecule has 17 atom stereocenters. The highest BCUT2D eigenvalue weighted by Crippen LogP contribution is 2.33. The third kappa shape index (κ3) is 27.1. The minimum absolute atomic E-state index is 0.217. The molecule has 3 saturated heterocycles. The first-order valence-corrected chi connectivity index (χ1v) is 29.8. The highest BCUT2D eigenvalue weighted by Gasteiger charge is 2.53. The highest BCUT2D eigenvalue weighted by molar-refractivity contribution is 5.76. The van der Waals surface area contributed by atoms with Crippen LogP contribution in [0.4, 0.5) is 0 Å². The van der Waals surface area contributed by atoms with Gasteiger partial charge in [0.15, 0.2) is 18.9 Å². The lowest BCUT2D eigenvalue weighted by Gasteiger charge is -2.48. The molecule has 80 heavy (non-hydrogen) atoms. The van der Waals surface area contributed by atoms with Gasteiger partial charge in [-0.3, -0.25) is 4.79 Å². The molecular formula is C61H103NO18. The zero-order valence-electron chi connectivity index (χ0n) is 47.8. The van der Waals surface area contributed by atoms with Crippen molar-refractivity contribution >= 4 is 5.91 Å². The maximum absolute atomic E-state index is 13.3. The van der Waals surface area contributed by atoms with Gasteiger partial charge in [-0.15, -0.1) is 0 Å². The molecule has 3 aliphatic rings. The van der Waals surface area contributed by atoms with Gasteiger partial charge in [-0.2, -0.15) is 0 Å². The first-order valence-electron chi connectivity index (χ1n) is 29.8. The summed E-state index contributed by atoms with van der Waals surface area (Å²) < 4.78 is 34.2. The van der Waals surface area contributed by atoms with E-state index in [1.807, 2.05) is 6.08 Å². The zero-order valence-corrected chi connectivity index (χ0v) is 47.8. The third-order valence-corrected chi connectivity index (χ3v) is 14.4. The predicted octanol–water partition coefficient (Wildman–Crippen LogP) is 5.20. The summed E-state index contributed by atoms with van der Waals surface area (Å²) in [4.78, 5) is 13.3. The van der Waals surface area contributed by atoms with Gasteiger partial charge in [-0.1, -0.05) is 163 Å². The number of aliphatic hydroxyl groups excluding tert-OH is 11. The second-order valence-electron chi connectivity index (χ2n) is 21.1. The van der Waals surface area contributed by atoms with Crippen LogP contribution in [-0.4, -0.2) is 193 Å². The van der Waals surface area contributed by atoms with Crippen LogP contribution < -0.4 is 5.32 Å². The molecule has 3 fully saturated rings. The fraction of sp³-hybridized carbons (Fsp3) is 0.754. The molecule has 12 N–H and O–H groups in total. The SMILES string of the molecule is CC/C=C\C/C=C\C/C=C\C/C=C\C/C=C\CCCCCCCCCC(=O)NC(COC1OC(CO)C(OC2OC(CO)C(OC3OC(CO)C(O)C(O)C3O)C(O)C2O)C(O)C1O)C(O)/C=C/CC/C=C/CCCCCCCC. The van der Waals surface area contributed by atoms with Crippen LogP contribution in [0.3, 0.4) is 0 Å². The molecule has 3 aliphatic heterocycles. The highest BCUT2D eigenvalue weighted by atomic mass is 16.8. The Kier molecular flexibility index (Phi) is 38.8. The van der Waals surface area contributed by atoms with Crippen molar-refractivity contribution < 1.29 is 89.4 Å². The fourth-order valence-electron chi connectivity index (χ4n) is 9.52. The van der Waals surface area contributed by atoms with Crippen molar-refractivity contribution in [1.82, 2.24) is 5.32 Å². The lowest BCUT2D eigenvalue weighted by molar-refractivity contribution is -0.379. The summed E-state index contributed by atoms with van der Waals surface area (Å²) >= 11 is 0. The molecule has 0 aromatic rings. The minimum Gasteiger partial charge on any atom is -0.394 e. The first-order chi connectivity index (χ1) is 38.8. The molecule has 0 saturated carbocycles. The molecule has 0 aromatic carbocycles. The number of amides is 1. The molecule has 19 nitrogen and oxygen atoms in total. The molecule has 3 rings (SSSR count). The van der Waals surface area contributed by atoms with E-state index < -0.39 is 124 Å². The fourth-order valence-corrected chi connectivity index (χ4v) is 9.52. The molecule has 0 spiro atoms. The van der Waals surface area contributed by atoms with Crippen LogP contribution in [0.2, 0.25) is 0 Å². The van der Waals surface area contributed by atoms with Crippen molar-refractivity contribution in [1.29, 1.82) is 0 Å². The maximum Gasteiger partial charge on any atom is 0.220 e. The predicted molar refractivity (Wildman–Crippen MR) is 304 cm³/mol. The summed E-state index contributed by atoms with van der Waals surface area (Å²) in [6.07, 6.45) is 25.7. The molecule has 0 aromatic heterocycles. The van der Waals surface area contributed by atoms with Crippen LogP contribution in [0, 0.1) is 0 Å². The van der Waals surface area contributed by atoms with Gasteiger partial charge in [0.25, 0.3) is 0 Å².